The number of carbonyl (C=O) groups excluding carboxylic acids is 1. The summed E-state index contributed by atoms with van der Waals surface area (Å²) in [5.41, 5.74) is 4.54. The van der Waals surface area contributed by atoms with Crippen LogP contribution in [0.5, 0.6) is 0 Å². The van der Waals surface area contributed by atoms with Crippen LogP contribution in [0.1, 0.15) is 33.7 Å². The smallest absolute Gasteiger partial charge is 0.255 e. The van der Waals surface area contributed by atoms with Crippen molar-refractivity contribution in [3.8, 4) is 5.69 Å². The highest BCUT2D eigenvalue weighted by Gasteiger charge is 2.19. The molecule has 1 N–H and O–H groups in total. The fourth-order valence-electron chi connectivity index (χ4n) is 3.41. The second-order valence-electron chi connectivity index (χ2n) is 7.13. The number of rotatable bonds is 8. The van der Waals surface area contributed by atoms with Crippen molar-refractivity contribution >= 4 is 5.91 Å². The van der Waals surface area contributed by atoms with Gasteiger partial charge in [-0.15, -0.1) is 0 Å². The Labute approximate surface area is 167 Å². The first kappa shape index (κ1) is 19.8. The molecule has 0 aliphatic rings. The number of benzene rings is 2. The second-order valence-corrected chi connectivity index (χ2v) is 7.13. The minimum Gasteiger partial charge on any atom is -0.352 e. The van der Waals surface area contributed by atoms with E-state index >= 15 is 0 Å². The van der Waals surface area contributed by atoms with Gasteiger partial charge in [0.25, 0.3) is 5.91 Å². The summed E-state index contributed by atoms with van der Waals surface area (Å²) in [5.74, 6) is -0.0529. The van der Waals surface area contributed by atoms with Crippen LogP contribution in [-0.2, 0) is 6.54 Å². The Morgan fingerprint density at radius 1 is 1.04 bits per heavy atom. The van der Waals surface area contributed by atoms with Gasteiger partial charge in [0, 0.05) is 13.1 Å². The minimum absolute atomic E-state index is 0.0529. The van der Waals surface area contributed by atoms with E-state index in [9.17, 15) is 4.79 Å². The predicted octanol–water partition coefficient (Wildman–Crippen LogP) is 3.74. The van der Waals surface area contributed by atoms with Crippen LogP contribution in [0.4, 0.5) is 0 Å². The molecule has 146 valence electrons. The molecule has 0 radical (unpaired) electrons. The average Bonchev–Trinajstić information content (AvgIpc) is 3.01. The molecule has 0 unspecified atom stereocenters. The summed E-state index contributed by atoms with van der Waals surface area (Å²) in [6, 6.07) is 20.3. The lowest BCUT2D eigenvalue weighted by Gasteiger charge is -2.16. The zero-order valence-corrected chi connectivity index (χ0v) is 16.9. The normalized spacial score (nSPS) is 11.0. The molecule has 0 saturated carbocycles. The molecular weight excluding hydrogens is 348 g/mol. The van der Waals surface area contributed by atoms with Crippen molar-refractivity contribution in [1.82, 2.24) is 20.0 Å². The van der Waals surface area contributed by atoms with Crippen molar-refractivity contribution in [3.63, 3.8) is 0 Å². The maximum atomic E-state index is 12.7. The first-order chi connectivity index (χ1) is 13.6. The van der Waals surface area contributed by atoms with Gasteiger partial charge in [0.2, 0.25) is 0 Å². The van der Waals surface area contributed by atoms with E-state index in [1.807, 2.05) is 54.9 Å². The topological polar surface area (TPSA) is 50.2 Å². The van der Waals surface area contributed by atoms with Crippen LogP contribution in [-0.4, -0.2) is 40.7 Å². The Hall–Kier alpha value is -2.92. The van der Waals surface area contributed by atoms with Gasteiger partial charge in [0.1, 0.15) is 0 Å². The fraction of sp³-hybridized carbons (Fsp3) is 0.304. The third-order valence-electron chi connectivity index (χ3n) is 4.82. The van der Waals surface area contributed by atoms with Crippen LogP contribution in [0.3, 0.4) is 0 Å². The number of hydrogen-bond acceptors (Lipinski definition) is 3. The molecule has 0 aliphatic carbocycles. The second kappa shape index (κ2) is 9.33. The highest BCUT2D eigenvalue weighted by molar-refractivity contribution is 5.96. The summed E-state index contributed by atoms with van der Waals surface area (Å²) in [7, 11) is 2.10. The fourth-order valence-corrected chi connectivity index (χ4v) is 3.41. The molecule has 0 atom stereocenters. The molecule has 3 rings (SSSR count). The van der Waals surface area contributed by atoms with E-state index in [4.69, 9.17) is 0 Å². The third kappa shape index (κ3) is 4.87. The standard InChI is InChI=1S/C23H28N4O/c1-18-22(19(2)27(25-18)21-13-8-5-9-14-21)23(28)24-15-10-16-26(3)17-20-11-6-4-7-12-20/h4-9,11-14H,10,15-17H2,1-3H3,(H,24,28). The quantitative estimate of drug-likeness (QED) is 0.609. The van der Waals surface area contributed by atoms with Gasteiger partial charge in [0.05, 0.1) is 22.6 Å². The van der Waals surface area contributed by atoms with Crippen LogP contribution in [0.25, 0.3) is 5.69 Å². The summed E-state index contributed by atoms with van der Waals surface area (Å²) < 4.78 is 1.83. The lowest BCUT2D eigenvalue weighted by molar-refractivity contribution is 0.0950. The van der Waals surface area contributed by atoms with Crippen molar-refractivity contribution in [2.45, 2.75) is 26.8 Å². The molecule has 5 nitrogen and oxygen atoms in total. The monoisotopic (exact) mass is 376 g/mol. The molecule has 28 heavy (non-hydrogen) atoms. The van der Waals surface area contributed by atoms with E-state index in [2.05, 4.69) is 46.6 Å². The molecule has 0 aliphatic heterocycles. The molecule has 3 aromatic rings. The Kier molecular flexibility index (Phi) is 6.61. The van der Waals surface area contributed by atoms with Crippen molar-refractivity contribution in [2.24, 2.45) is 0 Å². The summed E-state index contributed by atoms with van der Waals surface area (Å²) in [5, 5.41) is 7.60. The van der Waals surface area contributed by atoms with Crippen LogP contribution >= 0.6 is 0 Å². The van der Waals surface area contributed by atoms with Gasteiger partial charge in [-0.25, -0.2) is 4.68 Å². The van der Waals surface area contributed by atoms with E-state index < -0.39 is 0 Å². The maximum Gasteiger partial charge on any atom is 0.255 e. The molecule has 0 spiro atoms. The number of nitrogens with zero attached hydrogens (tertiary/aromatic N) is 3. The highest BCUT2D eigenvalue weighted by Crippen LogP contribution is 2.17. The molecular formula is C23H28N4O. The first-order valence-corrected chi connectivity index (χ1v) is 9.68. The van der Waals surface area contributed by atoms with Gasteiger partial charge in [0.15, 0.2) is 0 Å². The van der Waals surface area contributed by atoms with Crippen molar-refractivity contribution < 1.29 is 4.79 Å². The lowest BCUT2D eigenvalue weighted by atomic mass is 10.2. The van der Waals surface area contributed by atoms with E-state index in [1.54, 1.807) is 0 Å². The van der Waals surface area contributed by atoms with Crippen LogP contribution < -0.4 is 5.32 Å². The molecule has 0 saturated heterocycles. The van der Waals surface area contributed by atoms with Gasteiger partial charge in [-0.2, -0.15) is 5.10 Å². The molecule has 1 amide bonds. The zero-order chi connectivity index (χ0) is 19.9. The van der Waals surface area contributed by atoms with Crippen molar-refractivity contribution in [1.29, 1.82) is 0 Å². The Balaban J connectivity index is 1.52. The number of aromatic nitrogens is 2. The number of amides is 1. The molecule has 2 aromatic carbocycles. The van der Waals surface area contributed by atoms with Crippen molar-refractivity contribution in [3.05, 3.63) is 83.2 Å². The number of nitrogens with one attached hydrogen (secondary N) is 1. The van der Waals surface area contributed by atoms with Gasteiger partial charge >= 0.3 is 0 Å². The van der Waals surface area contributed by atoms with E-state index in [-0.39, 0.29) is 5.91 Å². The Morgan fingerprint density at radius 3 is 2.36 bits per heavy atom. The van der Waals surface area contributed by atoms with Gasteiger partial charge < -0.3 is 10.2 Å². The zero-order valence-electron chi connectivity index (χ0n) is 16.9. The molecule has 0 bridgehead atoms. The predicted molar refractivity (Wildman–Crippen MR) is 113 cm³/mol. The lowest BCUT2D eigenvalue weighted by Crippen LogP contribution is -2.28. The summed E-state index contributed by atoms with van der Waals surface area (Å²) in [6.07, 6.45) is 0.903. The van der Waals surface area contributed by atoms with Gasteiger partial charge in [-0.1, -0.05) is 48.5 Å². The van der Waals surface area contributed by atoms with Gasteiger partial charge in [-0.3, -0.25) is 4.79 Å². The van der Waals surface area contributed by atoms with Crippen LogP contribution in [0, 0.1) is 13.8 Å². The van der Waals surface area contributed by atoms with Crippen LogP contribution in [0.2, 0.25) is 0 Å². The summed E-state index contributed by atoms with van der Waals surface area (Å²) in [4.78, 5) is 15.0. The van der Waals surface area contributed by atoms with Crippen LogP contribution in [0.15, 0.2) is 60.7 Å². The van der Waals surface area contributed by atoms with E-state index in [0.717, 1.165) is 36.6 Å². The Bertz CT molecular complexity index is 903. The molecule has 5 heteroatoms. The number of aryl methyl sites for hydroxylation is 1. The highest BCUT2D eigenvalue weighted by atomic mass is 16.1. The van der Waals surface area contributed by atoms with E-state index in [1.165, 1.54) is 5.56 Å². The Morgan fingerprint density at radius 2 is 1.68 bits per heavy atom. The molecule has 1 heterocycles. The maximum absolute atomic E-state index is 12.7. The SMILES string of the molecule is Cc1nn(-c2ccccc2)c(C)c1C(=O)NCCCN(C)Cc1ccccc1. The first-order valence-electron chi connectivity index (χ1n) is 9.68. The van der Waals surface area contributed by atoms with Gasteiger partial charge in [-0.05, 0) is 51.6 Å². The van der Waals surface area contributed by atoms with E-state index in [0.29, 0.717) is 12.1 Å². The minimum atomic E-state index is -0.0529. The molecule has 1 aromatic heterocycles. The largest absolute Gasteiger partial charge is 0.352 e. The number of carbonyl (C=O) groups is 1. The number of para-hydroxylation sites is 1. The number of hydrogen-bond donors (Lipinski definition) is 1. The summed E-state index contributed by atoms with van der Waals surface area (Å²) >= 11 is 0. The third-order valence-corrected chi connectivity index (χ3v) is 4.82. The van der Waals surface area contributed by atoms with Crippen molar-refractivity contribution in [2.75, 3.05) is 20.1 Å². The molecule has 0 fully saturated rings. The average molecular weight is 377 g/mol. The summed E-state index contributed by atoms with van der Waals surface area (Å²) in [6.45, 7) is 6.31.